The Labute approximate surface area is 122 Å². The number of carbonyl (C=O) groups excluding carboxylic acids is 1. The summed E-state index contributed by atoms with van der Waals surface area (Å²) < 4.78 is 39.0. The van der Waals surface area contributed by atoms with Gasteiger partial charge in [-0.1, -0.05) is 43.4 Å². The van der Waals surface area contributed by atoms with Crippen LogP contribution in [0.4, 0.5) is 13.2 Å². The fourth-order valence-electron chi connectivity index (χ4n) is 2.50. The molecule has 21 heavy (non-hydrogen) atoms. The molecule has 0 heterocycles. The lowest BCUT2D eigenvalue weighted by Crippen LogP contribution is -2.20. The molecule has 0 saturated carbocycles. The van der Waals surface area contributed by atoms with Gasteiger partial charge < -0.3 is 0 Å². The van der Waals surface area contributed by atoms with Gasteiger partial charge in [-0.3, -0.25) is 4.79 Å². The van der Waals surface area contributed by atoms with Gasteiger partial charge in [0.15, 0.2) is 5.78 Å². The van der Waals surface area contributed by atoms with Crippen LogP contribution in [0.3, 0.4) is 0 Å². The van der Waals surface area contributed by atoms with Crippen LogP contribution in [-0.4, -0.2) is 12.0 Å². The molecule has 0 aliphatic heterocycles. The first-order valence-electron chi connectivity index (χ1n) is 7.01. The smallest absolute Gasteiger partial charge is 0.289 e. The molecule has 1 atom stereocenters. The summed E-state index contributed by atoms with van der Waals surface area (Å²) in [5.74, 6) is -1.74. The molecular formula is C17H17F3O. The van der Waals surface area contributed by atoms with Gasteiger partial charge in [-0.2, -0.15) is 13.2 Å². The highest BCUT2D eigenvalue weighted by Gasteiger charge is 2.39. The molecule has 0 unspecified atom stereocenters. The molecule has 0 amide bonds. The Kier molecular flexibility index (Phi) is 4.66. The Bertz CT molecular complexity index is 582. The minimum Gasteiger partial charge on any atom is -0.289 e. The van der Waals surface area contributed by atoms with Crippen LogP contribution in [0, 0.1) is 0 Å². The van der Waals surface area contributed by atoms with E-state index in [1.807, 2.05) is 12.2 Å². The minimum absolute atomic E-state index is 0.0380. The van der Waals surface area contributed by atoms with Crippen molar-refractivity contribution in [1.29, 1.82) is 0 Å². The molecule has 4 heteroatoms. The van der Waals surface area contributed by atoms with Crippen molar-refractivity contribution in [2.75, 3.05) is 0 Å². The fraction of sp³-hybridized carbons (Fsp3) is 0.353. The Morgan fingerprint density at radius 1 is 1.29 bits per heavy atom. The van der Waals surface area contributed by atoms with Gasteiger partial charge in [0.1, 0.15) is 0 Å². The number of halogens is 3. The number of carbonyl (C=O) groups is 1. The Hall–Kier alpha value is -1.84. The summed E-state index contributed by atoms with van der Waals surface area (Å²) in [5.41, 5.74) is 1.02. The van der Waals surface area contributed by atoms with Gasteiger partial charge >= 0.3 is 6.18 Å². The summed E-state index contributed by atoms with van der Waals surface area (Å²) in [6.07, 6.45) is 2.82. The SMILES string of the molecule is CC[C@H](c1cccc(C(=O)C2=CCCC=C2)c1)C(F)(F)F. The first-order chi connectivity index (χ1) is 9.93. The largest absolute Gasteiger partial charge is 0.395 e. The van der Waals surface area contributed by atoms with Crippen LogP contribution in [0.1, 0.15) is 48.0 Å². The zero-order chi connectivity index (χ0) is 15.5. The number of hydrogen-bond acceptors (Lipinski definition) is 1. The Morgan fingerprint density at radius 3 is 2.62 bits per heavy atom. The number of ketones is 1. The summed E-state index contributed by atoms with van der Waals surface area (Å²) in [6.45, 7) is 1.50. The second-order valence-corrected chi connectivity index (χ2v) is 5.10. The number of rotatable bonds is 4. The Balaban J connectivity index is 2.31. The van der Waals surface area contributed by atoms with Gasteiger partial charge in [-0.15, -0.1) is 0 Å². The number of alkyl halides is 3. The maximum absolute atomic E-state index is 13.0. The average molecular weight is 294 g/mol. The van der Waals surface area contributed by atoms with E-state index in [9.17, 15) is 18.0 Å². The van der Waals surface area contributed by atoms with Gasteiger partial charge in [0.25, 0.3) is 0 Å². The maximum Gasteiger partial charge on any atom is 0.395 e. The normalized spacial score (nSPS) is 16.5. The third kappa shape index (κ3) is 3.63. The molecule has 1 nitrogen and oxygen atoms in total. The van der Waals surface area contributed by atoms with Gasteiger partial charge in [0.05, 0.1) is 5.92 Å². The predicted molar refractivity (Wildman–Crippen MR) is 76.3 cm³/mol. The number of benzene rings is 1. The van der Waals surface area contributed by atoms with Gasteiger partial charge in [0, 0.05) is 11.1 Å². The van der Waals surface area contributed by atoms with E-state index in [2.05, 4.69) is 0 Å². The fourth-order valence-corrected chi connectivity index (χ4v) is 2.50. The molecule has 0 fully saturated rings. The van der Waals surface area contributed by atoms with Gasteiger partial charge in [-0.25, -0.2) is 0 Å². The quantitative estimate of drug-likeness (QED) is 0.697. The highest BCUT2D eigenvalue weighted by atomic mass is 19.4. The first kappa shape index (κ1) is 15.5. The van der Waals surface area contributed by atoms with E-state index >= 15 is 0 Å². The third-order valence-electron chi connectivity index (χ3n) is 3.61. The molecule has 1 aliphatic carbocycles. The van der Waals surface area contributed by atoms with Crippen molar-refractivity contribution >= 4 is 5.78 Å². The van der Waals surface area contributed by atoms with E-state index < -0.39 is 12.1 Å². The molecule has 0 spiro atoms. The highest BCUT2D eigenvalue weighted by molar-refractivity contribution is 6.10. The molecule has 112 valence electrons. The van der Waals surface area contributed by atoms with E-state index in [1.54, 1.807) is 12.1 Å². The minimum atomic E-state index is -4.29. The maximum atomic E-state index is 13.0. The van der Waals surface area contributed by atoms with Crippen molar-refractivity contribution in [3.63, 3.8) is 0 Å². The predicted octanol–water partition coefficient (Wildman–Crippen LogP) is 5.20. The molecular weight excluding hydrogens is 277 g/mol. The van der Waals surface area contributed by atoms with Crippen molar-refractivity contribution in [3.8, 4) is 0 Å². The second kappa shape index (κ2) is 6.29. The van der Waals surface area contributed by atoms with E-state index in [-0.39, 0.29) is 17.8 Å². The van der Waals surface area contributed by atoms with Crippen LogP contribution in [0.5, 0.6) is 0 Å². The van der Waals surface area contributed by atoms with Crippen molar-refractivity contribution in [3.05, 3.63) is 59.2 Å². The molecule has 0 radical (unpaired) electrons. The number of allylic oxidation sites excluding steroid dienone is 4. The van der Waals surface area contributed by atoms with Crippen molar-refractivity contribution in [2.24, 2.45) is 0 Å². The summed E-state index contributed by atoms with van der Waals surface area (Å²) >= 11 is 0. The second-order valence-electron chi connectivity index (χ2n) is 5.10. The van der Waals surface area contributed by atoms with Crippen LogP contribution in [0.15, 0.2) is 48.1 Å². The molecule has 2 rings (SSSR count). The van der Waals surface area contributed by atoms with E-state index in [1.165, 1.54) is 25.1 Å². The molecule has 0 aromatic heterocycles. The highest BCUT2D eigenvalue weighted by Crippen LogP contribution is 2.37. The van der Waals surface area contributed by atoms with E-state index in [4.69, 9.17) is 0 Å². The average Bonchev–Trinajstić information content (AvgIpc) is 2.47. The molecule has 0 saturated heterocycles. The molecule has 1 aromatic carbocycles. The monoisotopic (exact) mass is 294 g/mol. The van der Waals surface area contributed by atoms with Crippen LogP contribution < -0.4 is 0 Å². The summed E-state index contributed by atoms with van der Waals surface area (Å²) in [5, 5.41) is 0. The standard InChI is InChI=1S/C17H17F3O/c1-2-15(17(18,19)20)13-9-6-10-14(11-13)16(21)12-7-4-3-5-8-12/h4,6-11,15H,2-3,5H2,1H3/t15-/m1/s1. The van der Waals surface area contributed by atoms with Crippen LogP contribution in [-0.2, 0) is 0 Å². The number of Topliss-reactive ketones (excluding diaryl/α,β-unsaturated/α-hetero) is 1. The third-order valence-corrected chi connectivity index (χ3v) is 3.61. The number of hydrogen-bond donors (Lipinski definition) is 0. The summed E-state index contributed by atoms with van der Waals surface area (Å²) in [4.78, 5) is 12.3. The first-order valence-corrected chi connectivity index (χ1v) is 7.01. The lowest BCUT2D eigenvalue weighted by Gasteiger charge is -2.19. The zero-order valence-electron chi connectivity index (χ0n) is 11.8. The van der Waals surface area contributed by atoms with E-state index in [0.29, 0.717) is 11.1 Å². The topological polar surface area (TPSA) is 17.1 Å². The van der Waals surface area contributed by atoms with Crippen molar-refractivity contribution < 1.29 is 18.0 Å². The van der Waals surface area contributed by atoms with Crippen LogP contribution >= 0.6 is 0 Å². The van der Waals surface area contributed by atoms with Crippen molar-refractivity contribution in [1.82, 2.24) is 0 Å². The lowest BCUT2D eigenvalue weighted by molar-refractivity contribution is -0.151. The lowest BCUT2D eigenvalue weighted by atomic mass is 9.91. The molecule has 1 aliphatic rings. The van der Waals surface area contributed by atoms with Gasteiger partial charge in [0.2, 0.25) is 0 Å². The van der Waals surface area contributed by atoms with Crippen molar-refractivity contribution in [2.45, 2.75) is 38.3 Å². The molecule has 0 bridgehead atoms. The Morgan fingerprint density at radius 2 is 2.05 bits per heavy atom. The molecule has 0 N–H and O–H groups in total. The summed E-state index contributed by atoms with van der Waals surface area (Å²) in [7, 11) is 0. The van der Waals surface area contributed by atoms with Crippen LogP contribution in [0.25, 0.3) is 0 Å². The van der Waals surface area contributed by atoms with E-state index in [0.717, 1.165) is 12.8 Å². The summed E-state index contributed by atoms with van der Waals surface area (Å²) in [6, 6.07) is 5.89. The zero-order valence-corrected chi connectivity index (χ0v) is 11.8. The van der Waals surface area contributed by atoms with Crippen LogP contribution in [0.2, 0.25) is 0 Å². The molecule has 1 aromatic rings. The van der Waals surface area contributed by atoms with Gasteiger partial charge in [-0.05, 0) is 30.9 Å².